The van der Waals surface area contributed by atoms with E-state index < -0.39 is 10.8 Å². The van der Waals surface area contributed by atoms with Gasteiger partial charge in [0.05, 0.1) is 35.6 Å². The molecule has 0 N–H and O–H groups in total. The van der Waals surface area contributed by atoms with Crippen LogP contribution in [0.15, 0.2) is 36.8 Å². The summed E-state index contributed by atoms with van der Waals surface area (Å²) in [5, 5.41) is 11.4. The molecule has 0 spiro atoms. The maximum absolute atomic E-state index is 14.0. The molecule has 1 aromatic carbocycles. The Bertz CT molecular complexity index is 1150. The highest BCUT2D eigenvalue weighted by atomic mass is 16.6. The summed E-state index contributed by atoms with van der Waals surface area (Å²) in [6, 6.07) is 4.79. The van der Waals surface area contributed by atoms with Gasteiger partial charge in [-0.2, -0.15) is 0 Å². The van der Waals surface area contributed by atoms with Gasteiger partial charge in [0.15, 0.2) is 0 Å². The number of anilines is 2. The van der Waals surface area contributed by atoms with Gasteiger partial charge in [-0.25, -0.2) is 4.98 Å². The minimum Gasteiger partial charge on any atom is -0.466 e. The van der Waals surface area contributed by atoms with Crippen LogP contribution in [-0.2, 0) is 20.7 Å². The highest BCUT2D eigenvalue weighted by Gasteiger charge is 2.44. The molecule has 0 saturated carbocycles. The van der Waals surface area contributed by atoms with E-state index in [4.69, 9.17) is 4.74 Å². The van der Waals surface area contributed by atoms with E-state index in [2.05, 4.69) is 19.8 Å². The normalized spacial score (nSPS) is 23.5. The molecule has 0 aliphatic carbocycles. The number of hydrogen-bond acceptors (Lipinski definition) is 9. The molecule has 0 radical (unpaired) electrons. The van der Waals surface area contributed by atoms with Gasteiger partial charge in [0.1, 0.15) is 5.82 Å². The number of rotatable bonds is 5. The topological polar surface area (TPSA) is 122 Å². The molecule has 2 fully saturated rings. The largest absolute Gasteiger partial charge is 0.466 e. The van der Waals surface area contributed by atoms with Crippen molar-refractivity contribution < 1.29 is 19.2 Å². The minimum absolute atomic E-state index is 0.0165. The average Bonchev–Trinajstić information content (AvgIpc) is 2.92. The molecule has 1 aromatic heterocycles. The zero-order valence-corrected chi connectivity index (χ0v) is 20.3. The number of hydrogen-bond donors (Lipinski definition) is 0. The summed E-state index contributed by atoms with van der Waals surface area (Å²) in [6.45, 7) is 4.97. The molecule has 5 rings (SSSR count). The Morgan fingerprint density at radius 3 is 2.81 bits per heavy atom. The summed E-state index contributed by atoms with van der Waals surface area (Å²) in [4.78, 5) is 52.2. The van der Waals surface area contributed by atoms with Crippen molar-refractivity contribution in [2.24, 2.45) is 11.8 Å². The van der Waals surface area contributed by atoms with E-state index in [9.17, 15) is 19.7 Å². The number of carbonyl (C=O) groups excluding carboxylic acids is 2. The molecule has 2 aromatic rings. The smallest absolute Gasteiger partial charge is 0.310 e. The number of ether oxygens (including phenoxy) is 1. The Morgan fingerprint density at radius 1 is 1.19 bits per heavy atom. The predicted octanol–water partition coefficient (Wildman–Crippen LogP) is 2.05. The van der Waals surface area contributed by atoms with Crippen LogP contribution in [0.5, 0.6) is 0 Å². The van der Waals surface area contributed by atoms with Crippen LogP contribution in [0.3, 0.4) is 0 Å². The molecule has 4 heterocycles. The number of benzene rings is 1. The van der Waals surface area contributed by atoms with Crippen LogP contribution in [0.1, 0.15) is 25.3 Å². The van der Waals surface area contributed by atoms with E-state index in [1.54, 1.807) is 42.5 Å². The third-order valence-corrected chi connectivity index (χ3v) is 7.45. The Hall–Kier alpha value is -3.76. The van der Waals surface area contributed by atoms with Gasteiger partial charge in [-0.3, -0.25) is 24.7 Å². The number of fused-ring (bicyclic) bond motifs is 3. The Morgan fingerprint density at radius 2 is 2.06 bits per heavy atom. The molecule has 0 bridgehead atoms. The van der Waals surface area contributed by atoms with Gasteiger partial charge in [-0.15, -0.1) is 0 Å². The van der Waals surface area contributed by atoms with Gasteiger partial charge in [0, 0.05) is 62.9 Å². The molecule has 3 aliphatic rings. The zero-order valence-electron chi connectivity index (χ0n) is 20.3. The van der Waals surface area contributed by atoms with Crippen molar-refractivity contribution in [2.75, 3.05) is 49.1 Å². The lowest BCUT2D eigenvalue weighted by molar-refractivity contribution is -0.384. The van der Waals surface area contributed by atoms with E-state index in [-0.39, 0.29) is 29.5 Å². The van der Waals surface area contributed by atoms with E-state index in [0.717, 1.165) is 23.5 Å². The predicted molar refractivity (Wildman–Crippen MR) is 132 cm³/mol. The fourth-order valence-corrected chi connectivity index (χ4v) is 5.73. The number of esters is 1. The first-order valence-corrected chi connectivity index (χ1v) is 12.5. The van der Waals surface area contributed by atoms with Crippen molar-refractivity contribution in [2.45, 2.75) is 32.2 Å². The third kappa shape index (κ3) is 4.57. The van der Waals surface area contributed by atoms with E-state index >= 15 is 0 Å². The number of amides is 1. The van der Waals surface area contributed by atoms with Gasteiger partial charge < -0.3 is 19.4 Å². The fraction of sp³-hybridized carbons (Fsp3) is 0.520. The first-order chi connectivity index (χ1) is 17.5. The number of piperazine rings is 1. The van der Waals surface area contributed by atoms with Crippen LogP contribution in [-0.4, -0.2) is 77.0 Å². The van der Waals surface area contributed by atoms with Crippen molar-refractivity contribution in [1.82, 2.24) is 14.9 Å². The zero-order chi connectivity index (χ0) is 25.2. The monoisotopic (exact) mass is 494 g/mol. The van der Waals surface area contributed by atoms with Crippen LogP contribution in [0.2, 0.25) is 0 Å². The summed E-state index contributed by atoms with van der Waals surface area (Å²) < 4.78 is 5.22. The number of piperidine rings is 1. The molecule has 3 atom stereocenters. The van der Waals surface area contributed by atoms with Gasteiger partial charge in [-0.05, 0) is 37.8 Å². The molecule has 3 aliphatic heterocycles. The van der Waals surface area contributed by atoms with Crippen molar-refractivity contribution in [1.29, 1.82) is 0 Å². The Kier molecular flexibility index (Phi) is 6.71. The third-order valence-electron chi connectivity index (χ3n) is 7.45. The average molecular weight is 495 g/mol. The van der Waals surface area contributed by atoms with Gasteiger partial charge in [0.25, 0.3) is 5.69 Å². The van der Waals surface area contributed by atoms with Crippen LogP contribution >= 0.6 is 0 Å². The number of nitro benzene ring substituents is 1. The number of non-ortho nitro benzene ring substituents is 1. The van der Waals surface area contributed by atoms with Crippen molar-refractivity contribution in [3.05, 3.63) is 52.5 Å². The SMILES string of the molecule is CCOC(=O)C1CCCN(C(=O)C2Cc3cc([N+](=O)[O-])ccc3N3CCN(c4cnccn4)CC23)C1. The summed E-state index contributed by atoms with van der Waals surface area (Å²) >= 11 is 0. The van der Waals surface area contributed by atoms with Gasteiger partial charge in [-0.1, -0.05) is 0 Å². The first-order valence-electron chi connectivity index (χ1n) is 12.5. The Labute approximate surface area is 209 Å². The molecule has 2 saturated heterocycles. The lowest BCUT2D eigenvalue weighted by Gasteiger charge is -2.50. The molecule has 3 unspecified atom stereocenters. The summed E-state index contributed by atoms with van der Waals surface area (Å²) in [5.74, 6) is -0.235. The highest BCUT2D eigenvalue weighted by molar-refractivity contribution is 5.84. The number of carbonyl (C=O) groups is 2. The molecule has 190 valence electrons. The first kappa shape index (κ1) is 24.0. The second-order valence-electron chi connectivity index (χ2n) is 9.53. The summed E-state index contributed by atoms with van der Waals surface area (Å²) in [6.07, 6.45) is 6.87. The standard InChI is InChI=1S/C25H30N6O5/c1-2-36-25(33)17-4-3-9-29(15-17)24(32)20-13-18-12-19(31(34)35)5-6-21(18)30-11-10-28(16-22(20)30)23-14-26-7-8-27-23/h5-8,12,14,17,20,22H,2-4,9-11,13,15-16H2,1H3. The fourth-order valence-electron chi connectivity index (χ4n) is 5.73. The van der Waals surface area contributed by atoms with Crippen LogP contribution < -0.4 is 9.80 Å². The van der Waals surface area contributed by atoms with E-state index in [1.165, 1.54) is 6.07 Å². The molecule has 1 amide bonds. The summed E-state index contributed by atoms with van der Waals surface area (Å²) in [7, 11) is 0. The van der Waals surface area contributed by atoms with Crippen LogP contribution in [0.4, 0.5) is 17.2 Å². The van der Waals surface area contributed by atoms with Crippen LogP contribution in [0.25, 0.3) is 0 Å². The number of nitro groups is 1. The second kappa shape index (κ2) is 10.1. The van der Waals surface area contributed by atoms with Crippen molar-refractivity contribution in [3.8, 4) is 0 Å². The molecular formula is C25H30N6O5. The highest BCUT2D eigenvalue weighted by Crippen LogP contribution is 2.39. The molecule has 11 nitrogen and oxygen atoms in total. The molecule has 11 heteroatoms. The lowest BCUT2D eigenvalue weighted by atomic mass is 9.82. The molecule has 36 heavy (non-hydrogen) atoms. The lowest BCUT2D eigenvalue weighted by Crippen LogP contribution is -2.62. The minimum atomic E-state index is -0.403. The second-order valence-corrected chi connectivity index (χ2v) is 9.53. The van der Waals surface area contributed by atoms with Gasteiger partial charge >= 0.3 is 5.97 Å². The maximum atomic E-state index is 14.0. The van der Waals surface area contributed by atoms with Crippen molar-refractivity contribution >= 4 is 29.1 Å². The van der Waals surface area contributed by atoms with E-state index in [0.29, 0.717) is 52.2 Å². The maximum Gasteiger partial charge on any atom is 0.310 e. The van der Waals surface area contributed by atoms with Crippen molar-refractivity contribution in [3.63, 3.8) is 0 Å². The number of nitrogens with zero attached hydrogens (tertiary/aromatic N) is 6. The Balaban J connectivity index is 1.44. The number of aromatic nitrogens is 2. The van der Waals surface area contributed by atoms with Gasteiger partial charge in [0.2, 0.25) is 5.91 Å². The summed E-state index contributed by atoms with van der Waals surface area (Å²) in [5.41, 5.74) is 1.78. The van der Waals surface area contributed by atoms with E-state index in [1.807, 2.05) is 0 Å². The van der Waals surface area contributed by atoms with Crippen LogP contribution in [0, 0.1) is 22.0 Å². The molecular weight excluding hydrogens is 464 g/mol. The number of likely N-dealkylation sites (tertiary alicyclic amines) is 1. The quantitative estimate of drug-likeness (QED) is 0.349.